The molecule has 0 unspecified atom stereocenters. The summed E-state index contributed by atoms with van der Waals surface area (Å²) >= 11 is 0. The number of hydrogen-bond donors (Lipinski definition) is 2. The van der Waals surface area contributed by atoms with Gasteiger partial charge in [-0.05, 0) is 43.4 Å². The monoisotopic (exact) mass is 210 g/mol. The Morgan fingerprint density at radius 2 is 1.20 bits per heavy atom. The van der Waals surface area contributed by atoms with Crippen molar-refractivity contribution in [2.75, 3.05) is 0 Å². The van der Waals surface area contributed by atoms with E-state index in [0.717, 1.165) is 11.8 Å². The molecule has 0 atom stereocenters. The van der Waals surface area contributed by atoms with Gasteiger partial charge in [0.2, 0.25) is 0 Å². The molecule has 0 bridgehead atoms. The Kier molecular flexibility index (Phi) is 4.04. The summed E-state index contributed by atoms with van der Waals surface area (Å²) in [5.74, 6) is 2.64. The first-order valence-electron chi connectivity index (χ1n) is 6.78. The summed E-state index contributed by atoms with van der Waals surface area (Å²) in [7, 11) is 0. The molecule has 0 aromatic heterocycles. The molecule has 2 aliphatic rings. The maximum Gasteiger partial charge on any atom is 0.0549 e. The largest absolute Gasteiger partial charge is 0.316 e. The van der Waals surface area contributed by atoms with Crippen LogP contribution in [0.3, 0.4) is 0 Å². The standard InChI is InChI=1S/C13H26N2/c14-13(15)12-8-6-11(7-9-12)10-4-2-1-3-5-10/h10-13H,1-9,14-15H2. The predicted octanol–water partition coefficient (Wildman–Crippen LogP) is 2.62. The topological polar surface area (TPSA) is 52.0 Å². The van der Waals surface area contributed by atoms with Gasteiger partial charge in [-0.3, -0.25) is 0 Å². The molecule has 0 radical (unpaired) electrons. The highest BCUT2D eigenvalue weighted by Crippen LogP contribution is 2.39. The highest BCUT2D eigenvalue weighted by Gasteiger charge is 2.29. The third kappa shape index (κ3) is 2.94. The lowest BCUT2D eigenvalue weighted by Gasteiger charge is -2.36. The van der Waals surface area contributed by atoms with Crippen LogP contribution in [0.25, 0.3) is 0 Å². The van der Waals surface area contributed by atoms with E-state index in [2.05, 4.69) is 0 Å². The van der Waals surface area contributed by atoms with Crippen LogP contribution in [0.2, 0.25) is 0 Å². The first-order valence-corrected chi connectivity index (χ1v) is 6.78. The maximum atomic E-state index is 5.77. The van der Waals surface area contributed by atoms with Crippen LogP contribution < -0.4 is 11.5 Å². The lowest BCUT2D eigenvalue weighted by molar-refractivity contribution is 0.157. The van der Waals surface area contributed by atoms with Gasteiger partial charge in [-0.2, -0.15) is 0 Å². The van der Waals surface area contributed by atoms with Gasteiger partial charge >= 0.3 is 0 Å². The molecule has 0 heterocycles. The molecule has 2 saturated carbocycles. The summed E-state index contributed by atoms with van der Waals surface area (Å²) in [6.45, 7) is 0. The van der Waals surface area contributed by atoms with E-state index >= 15 is 0 Å². The maximum absolute atomic E-state index is 5.77. The van der Waals surface area contributed by atoms with Gasteiger partial charge in [-0.25, -0.2) is 0 Å². The third-order valence-corrected chi connectivity index (χ3v) is 4.68. The molecule has 4 N–H and O–H groups in total. The van der Waals surface area contributed by atoms with Crippen molar-refractivity contribution >= 4 is 0 Å². The fourth-order valence-electron chi connectivity index (χ4n) is 3.61. The van der Waals surface area contributed by atoms with E-state index in [0.29, 0.717) is 5.92 Å². The van der Waals surface area contributed by atoms with Gasteiger partial charge < -0.3 is 11.5 Å². The van der Waals surface area contributed by atoms with Gasteiger partial charge in [0, 0.05) is 0 Å². The Morgan fingerprint density at radius 1 is 0.667 bits per heavy atom. The number of hydrogen-bond acceptors (Lipinski definition) is 2. The van der Waals surface area contributed by atoms with Crippen LogP contribution in [0.5, 0.6) is 0 Å². The SMILES string of the molecule is NC(N)C1CCC(C2CCCCC2)CC1. The van der Waals surface area contributed by atoms with Crippen LogP contribution in [0.15, 0.2) is 0 Å². The van der Waals surface area contributed by atoms with Crippen molar-refractivity contribution < 1.29 is 0 Å². The molecule has 2 rings (SSSR count). The lowest BCUT2D eigenvalue weighted by atomic mass is 9.70. The summed E-state index contributed by atoms with van der Waals surface area (Å²) in [4.78, 5) is 0. The molecule has 88 valence electrons. The summed E-state index contributed by atoms with van der Waals surface area (Å²) in [6.07, 6.45) is 12.7. The zero-order valence-corrected chi connectivity index (χ0v) is 9.83. The molecule has 2 nitrogen and oxygen atoms in total. The molecule has 2 fully saturated rings. The average Bonchev–Trinajstić information content (AvgIpc) is 2.30. The Balaban J connectivity index is 1.77. The molecule has 2 aliphatic carbocycles. The Morgan fingerprint density at radius 3 is 1.73 bits per heavy atom. The highest BCUT2D eigenvalue weighted by molar-refractivity contribution is 4.81. The van der Waals surface area contributed by atoms with Crippen molar-refractivity contribution in [2.24, 2.45) is 29.2 Å². The van der Waals surface area contributed by atoms with Gasteiger partial charge in [0.05, 0.1) is 6.17 Å². The summed E-state index contributed by atoms with van der Waals surface area (Å²) in [5.41, 5.74) is 11.5. The van der Waals surface area contributed by atoms with Gasteiger partial charge in [-0.1, -0.05) is 32.1 Å². The van der Waals surface area contributed by atoms with E-state index in [1.54, 1.807) is 0 Å². The minimum Gasteiger partial charge on any atom is -0.316 e. The van der Waals surface area contributed by atoms with Crippen molar-refractivity contribution in [1.29, 1.82) is 0 Å². The van der Waals surface area contributed by atoms with Gasteiger partial charge in [-0.15, -0.1) is 0 Å². The van der Waals surface area contributed by atoms with Crippen LogP contribution in [0.1, 0.15) is 57.8 Å². The Bertz CT molecular complexity index is 177. The van der Waals surface area contributed by atoms with Crippen LogP contribution in [0, 0.1) is 17.8 Å². The van der Waals surface area contributed by atoms with Crippen LogP contribution in [0.4, 0.5) is 0 Å². The van der Waals surface area contributed by atoms with E-state index in [1.807, 2.05) is 0 Å². The van der Waals surface area contributed by atoms with E-state index < -0.39 is 0 Å². The second-order valence-corrected chi connectivity index (χ2v) is 5.65. The second kappa shape index (κ2) is 5.31. The second-order valence-electron chi connectivity index (χ2n) is 5.65. The fourth-order valence-corrected chi connectivity index (χ4v) is 3.61. The van der Waals surface area contributed by atoms with E-state index in [4.69, 9.17) is 11.5 Å². The summed E-state index contributed by atoms with van der Waals surface area (Å²) in [6, 6.07) is 0. The molecule has 0 aromatic carbocycles. The Hall–Kier alpha value is -0.0800. The van der Waals surface area contributed by atoms with Crippen molar-refractivity contribution in [3.8, 4) is 0 Å². The van der Waals surface area contributed by atoms with E-state index in [9.17, 15) is 0 Å². The van der Waals surface area contributed by atoms with E-state index in [-0.39, 0.29) is 6.17 Å². The Labute approximate surface area is 93.8 Å². The normalized spacial score (nSPS) is 34.6. The van der Waals surface area contributed by atoms with Crippen LogP contribution >= 0.6 is 0 Å². The van der Waals surface area contributed by atoms with E-state index in [1.165, 1.54) is 57.8 Å². The van der Waals surface area contributed by atoms with Gasteiger partial charge in [0.1, 0.15) is 0 Å². The number of rotatable bonds is 2. The molecular formula is C13H26N2. The average molecular weight is 210 g/mol. The van der Waals surface area contributed by atoms with Crippen LogP contribution in [-0.4, -0.2) is 6.17 Å². The van der Waals surface area contributed by atoms with Crippen molar-refractivity contribution in [3.63, 3.8) is 0 Å². The van der Waals surface area contributed by atoms with Crippen LogP contribution in [-0.2, 0) is 0 Å². The minimum absolute atomic E-state index is 0.0719. The molecular weight excluding hydrogens is 184 g/mol. The first kappa shape index (κ1) is 11.4. The van der Waals surface area contributed by atoms with Crippen molar-refractivity contribution in [2.45, 2.75) is 64.0 Å². The predicted molar refractivity (Wildman–Crippen MR) is 64.2 cm³/mol. The van der Waals surface area contributed by atoms with Crippen molar-refractivity contribution in [1.82, 2.24) is 0 Å². The molecule has 0 saturated heterocycles. The highest BCUT2D eigenvalue weighted by atomic mass is 14.9. The molecule has 0 aliphatic heterocycles. The number of nitrogens with two attached hydrogens (primary N) is 2. The molecule has 15 heavy (non-hydrogen) atoms. The fraction of sp³-hybridized carbons (Fsp3) is 1.00. The summed E-state index contributed by atoms with van der Waals surface area (Å²) < 4.78 is 0. The zero-order valence-electron chi connectivity index (χ0n) is 9.83. The molecule has 2 heteroatoms. The molecule has 0 aromatic rings. The smallest absolute Gasteiger partial charge is 0.0549 e. The first-order chi connectivity index (χ1) is 7.27. The zero-order chi connectivity index (χ0) is 10.7. The summed E-state index contributed by atoms with van der Waals surface area (Å²) in [5, 5.41) is 0. The lowest BCUT2D eigenvalue weighted by Crippen LogP contribution is -2.41. The van der Waals surface area contributed by atoms with Crippen molar-refractivity contribution in [3.05, 3.63) is 0 Å². The van der Waals surface area contributed by atoms with Gasteiger partial charge in [0.15, 0.2) is 0 Å². The quantitative estimate of drug-likeness (QED) is 0.688. The third-order valence-electron chi connectivity index (χ3n) is 4.68. The molecule has 0 spiro atoms. The molecule has 0 amide bonds. The minimum atomic E-state index is -0.0719. The van der Waals surface area contributed by atoms with Gasteiger partial charge in [0.25, 0.3) is 0 Å².